The zero-order valence-electron chi connectivity index (χ0n) is 10.3. The Balaban J connectivity index is 2.17. The maximum Gasteiger partial charge on any atom is 0.0372 e. The van der Waals surface area contributed by atoms with E-state index in [0.29, 0.717) is 0 Å². The van der Waals surface area contributed by atoms with Gasteiger partial charge >= 0.3 is 0 Å². The lowest BCUT2D eigenvalue weighted by atomic mass is 9.85. The molecular formula is C14H22N2. The largest absolute Gasteiger partial charge is 0.385 e. The number of aryl methyl sites for hydroxylation is 1. The predicted octanol–water partition coefficient (Wildman–Crippen LogP) is 2.57. The van der Waals surface area contributed by atoms with Gasteiger partial charge in [-0.3, -0.25) is 0 Å². The number of nitrogens with one attached hydrogen (secondary N) is 1. The third-order valence-electron chi connectivity index (χ3n) is 3.34. The maximum atomic E-state index is 5.78. The third-order valence-corrected chi connectivity index (χ3v) is 3.34. The number of hydrogen-bond acceptors (Lipinski definition) is 2. The molecule has 1 heterocycles. The van der Waals surface area contributed by atoms with E-state index in [-0.39, 0.29) is 5.41 Å². The molecule has 0 saturated carbocycles. The molecule has 3 N–H and O–H groups in total. The Morgan fingerprint density at radius 2 is 2.19 bits per heavy atom. The van der Waals surface area contributed by atoms with Gasteiger partial charge in [0.05, 0.1) is 0 Å². The van der Waals surface area contributed by atoms with E-state index in [1.54, 1.807) is 0 Å². The molecule has 1 aliphatic heterocycles. The van der Waals surface area contributed by atoms with Crippen LogP contribution in [0.3, 0.4) is 0 Å². The molecule has 1 aromatic rings. The van der Waals surface area contributed by atoms with Crippen molar-refractivity contribution in [2.24, 2.45) is 11.1 Å². The SMILES string of the molecule is CC(C)(CN)Cc1ccc2c(c1)CCCN2. The highest BCUT2D eigenvalue weighted by molar-refractivity contribution is 5.54. The second-order valence-corrected chi connectivity index (χ2v) is 5.57. The molecule has 0 spiro atoms. The zero-order chi connectivity index (χ0) is 11.6. The molecule has 0 atom stereocenters. The molecule has 1 aromatic carbocycles. The Morgan fingerprint density at radius 1 is 1.38 bits per heavy atom. The average Bonchev–Trinajstić information content (AvgIpc) is 2.28. The molecular weight excluding hydrogens is 196 g/mol. The second-order valence-electron chi connectivity index (χ2n) is 5.57. The first-order valence-corrected chi connectivity index (χ1v) is 6.16. The highest BCUT2D eigenvalue weighted by atomic mass is 14.9. The van der Waals surface area contributed by atoms with E-state index in [1.807, 2.05) is 0 Å². The van der Waals surface area contributed by atoms with Crippen molar-refractivity contribution < 1.29 is 0 Å². The van der Waals surface area contributed by atoms with Crippen molar-refractivity contribution in [3.63, 3.8) is 0 Å². The van der Waals surface area contributed by atoms with E-state index in [4.69, 9.17) is 5.73 Å². The highest BCUT2D eigenvalue weighted by Crippen LogP contribution is 2.26. The van der Waals surface area contributed by atoms with E-state index in [2.05, 4.69) is 37.4 Å². The highest BCUT2D eigenvalue weighted by Gasteiger charge is 2.17. The van der Waals surface area contributed by atoms with E-state index in [9.17, 15) is 0 Å². The fourth-order valence-corrected chi connectivity index (χ4v) is 2.26. The van der Waals surface area contributed by atoms with E-state index in [0.717, 1.165) is 19.5 Å². The molecule has 0 saturated heterocycles. The van der Waals surface area contributed by atoms with Gasteiger partial charge in [0.1, 0.15) is 0 Å². The lowest BCUT2D eigenvalue weighted by Gasteiger charge is -2.24. The summed E-state index contributed by atoms with van der Waals surface area (Å²) >= 11 is 0. The van der Waals surface area contributed by atoms with Crippen LogP contribution in [0.5, 0.6) is 0 Å². The van der Waals surface area contributed by atoms with Crippen molar-refractivity contribution in [1.82, 2.24) is 0 Å². The Bertz CT molecular complexity index is 369. The molecule has 0 unspecified atom stereocenters. The van der Waals surface area contributed by atoms with Gasteiger partial charge < -0.3 is 11.1 Å². The summed E-state index contributed by atoms with van der Waals surface area (Å²) in [7, 11) is 0. The molecule has 2 nitrogen and oxygen atoms in total. The minimum absolute atomic E-state index is 0.205. The minimum Gasteiger partial charge on any atom is -0.385 e. The number of rotatable bonds is 3. The van der Waals surface area contributed by atoms with Crippen molar-refractivity contribution in [2.75, 3.05) is 18.4 Å². The quantitative estimate of drug-likeness (QED) is 0.818. The summed E-state index contributed by atoms with van der Waals surface area (Å²) in [6.07, 6.45) is 3.52. The van der Waals surface area contributed by atoms with Crippen LogP contribution in [0.25, 0.3) is 0 Å². The van der Waals surface area contributed by atoms with Crippen molar-refractivity contribution in [3.8, 4) is 0 Å². The fourth-order valence-electron chi connectivity index (χ4n) is 2.26. The van der Waals surface area contributed by atoms with Crippen LogP contribution in [0.4, 0.5) is 5.69 Å². The Kier molecular flexibility index (Phi) is 3.20. The average molecular weight is 218 g/mol. The summed E-state index contributed by atoms with van der Waals surface area (Å²) in [5.41, 5.74) is 10.2. The van der Waals surface area contributed by atoms with Gasteiger partial charge in [-0.15, -0.1) is 0 Å². The molecule has 0 fully saturated rings. The lowest BCUT2D eigenvalue weighted by molar-refractivity contribution is 0.376. The van der Waals surface area contributed by atoms with Gasteiger partial charge in [0.25, 0.3) is 0 Å². The van der Waals surface area contributed by atoms with Crippen LogP contribution < -0.4 is 11.1 Å². The first-order valence-electron chi connectivity index (χ1n) is 6.16. The molecule has 0 aromatic heterocycles. The van der Waals surface area contributed by atoms with Crippen molar-refractivity contribution in [1.29, 1.82) is 0 Å². The van der Waals surface area contributed by atoms with Gasteiger partial charge in [-0.25, -0.2) is 0 Å². The normalized spacial score (nSPS) is 15.4. The molecule has 0 bridgehead atoms. The Labute approximate surface area is 98.2 Å². The van der Waals surface area contributed by atoms with Gasteiger partial charge in [0, 0.05) is 12.2 Å². The van der Waals surface area contributed by atoms with Crippen molar-refractivity contribution in [2.45, 2.75) is 33.1 Å². The van der Waals surface area contributed by atoms with Gasteiger partial charge in [-0.05, 0) is 48.4 Å². The molecule has 2 heteroatoms. The molecule has 88 valence electrons. The van der Waals surface area contributed by atoms with E-state index < -0.39 is 0 Å². The van der Waals surface area contributed by atoms with E-state index in [1.165, 1.54) is 29.7 Å². The first-order chi connectivity index (χ1) is 7.61. The van der Waals surface area contributed by atoms with Crippen LogP contribution in [0, 0.1) is 5.41 Å². The summed E-state index contributed by atoms with van der Waals surface area (Å²) in [5.74, 6) is 0. The number of nitrogens with two attached hydrogens (primary N) is 1. The molecule has 16 heavy (non-hydrogen) atoms. The van der Waals surface area contributed by atoms with Gasteiger partial charge in [0.15, 0.2) is 0 Å². The van der Waals surface area contributed by atoms with Crippen LogP contribution in [0.15, 0.2) is 18.2 Å². The van der Waals surface area contributed by atoms with Crippen LogP contribution >= 0.6 is 0 Å². The second kappa shape index (κ2) is 4.46. The number of benzene rings is 1. The fraction of sp³-hybridized carbons (Fsp3) is 0.571. The summed E-state index contributed by atoms with van der Waals surface area (Å²) in [5, 5.41) is 3.44. The summed E-state index contributed by atoms with van der Waals surface area (Å²) in [6.45, 7) is 6.30. The third kappa shape index (κ3) is 2.56. The summed E-state index contributed by atoms with van der Waals surface area (Å²) < 4.78 is 0. The molecule has 0 aliphatic carbocycles. The maximum absolute atomic E-state index is 5.78. The lowest BCUT2D eigenvalue weighted by Crippen LogP contribution is -2.26. The standard InChI is InChI=1S/C14H22N2/c1-14(2,10-15)9-11-5-6-13-12(8-11)4-3-7-16-13/h5-6,8,16H,3-4,7,9-10,15H2,1-2H3. The molecule has 1 aliphatic rings. The number of fused-ring (bicyclic) bond motifs is 1. The zero-order valence-corrected chi connectivity index (χ0v) is 10.3. The summed E-state index contributed by atoms with van der Waals surface area (Å²) in [6, 6.07) is 6.80. The van der Waals surface area contributed by atoms with Crippen LogP contribution in [-0.4, -0.2) is 13.1 Å². The van der Waals surface area contributed by atoms with E-state index >= 15 is 0 Å². The number of anilines is 1. The molecule has 0 amide bonds. The predicted molar refractivity (Wildman–Crippen MR) is 69.8 cm³/mol. The summed E-state index contributed by atoms with van der Waals surface area (Å²) in [4.78, 5) is 0. The first kappa shape index (κ1) is 11.5. The minimum atomic E-state index is 0.205. The van der Waals surface area contributed by atoms with Crippen molar-refractivity contribution >= 4 is 5.69 Å². The van der Waals surface area contributed by atoms with Crippen LogP contribution in [0.2, 0.25) is 0 Å². The van der Waals surface area contributed by atoms with Crippen LogP contribution in [0.1, 0.15) is 31.4 Å². The van der Waals surface area contributed by atoms with Gasteiger partial charge in [-0.1, -0.05) is 26.0 Å². The smallest absolute Gasteiger partial charge is 0.0372 e. The topological polar surface area (TPSA) is 38.0 Å². The Hall–Kier alpha value is -1.02. The van der Waals surface area contributed by atoms with Crippen molar-refractivity contribution in [3.05, 3.63) is 29.3 Å². The monoisotopic (exact) mass is 218 g/mol. The number of hydrogen-bond donors (Lipinski definition) is 2. The van der Waals surface area contributed by atoms with Crippen LogP contribution in [-0.2, 0) is 12.8 Å². The van der Waals surface area contributed by atoms with Gasteiger partial charge in [0.2, 0.25) is 0 Å². The Morgan fingerprint density at radius 3 is 2.94 bits per heavy atom. The molecule has 0 radical (unpaired) electrons. The van der Waals surface area contributed by atoms with Gasteiger partial charge in [-0.2, -0.15) is 0 Å². The molecule has 2 rings (SSSR count).